The highest BCUT2D eigenvalue weighted by atomic mass is 79.9. The maximum absolute atomic E-state index is 13.1. The van der Waals surface area contributed by atoms with Crippen molar-refractivity contribution >= 4 is 15.9 Å². The zero-order valence-electron chi connectivity index (χ0n) is 6.87. The van der Waals surface area contributed by atoms with Crippen LogP contribution in [0.1, 0.15) is 22.9 Å². The highest BCUT2D eigenvalue weighted by molar-refractivity contribution is 9.09. The largest absolute Gasteiger partial charge is 0.207 e. The van der Waals surface area contributed by atoms with Gasteiger partial charge in [-0.2, -0.15) is 0 Å². The van der Waals surface area contributed by atoms with Crippen molar-refractivity contribution in [2.75, 3.05) is 0 Å². The van der Waals surface area contributed by atoms with Gasteiger partial charge in [-0.05, 0) is 31.5 Å². The fraction of sp³-hybridized carbons (Fsp3) is 0.333. The van der Waals surface area contributed by atoms with Crippen LogP contribution in [0.3, 0.4) is 0 Å². The molecule has 1 atom stereocenters. The van der Waals surface area contributed by atoms with Gasteiger partial charge in [0.25, 0.3) is 0 Å². The van der Waals surface area contributed by atoms with Crippen LogP contribution in [0.2, 0.25) is 0 Å². The van der Waals surface area contributed by atoms with E-state index in [1.54, 1.807) is 13.8 Å². The van der Waals surface area contributed by atoms with Crippen LogP contribution in [-0.4, -0.2) is 0 Å². The molecule has 0 saturated carbocycles. The standard InChI is InChI=1S/C9H9BrF2/c1-5-7(11)3-4-8(12)9(5)6(2)10/h3-4,6H,1-2H3. The first kappa shape index (κ1) is 9.65. The zero-order chi connectivity index (χ0) is 9.30. The number of halogens is 3. The minimum atomic E-state index is -0.363. The lowest BCUT2D eigenvalue weighted by Gasteiger charge is -2.09. The third-order valence-electron chi connectivity index (χ3n) is 1.79. The fourth-order valence-electron chi connectivity index (χ4n) is 1.16. The Hall–Kier alpha value is -0.440. The van der Waals surface area contributed by atoms with Crippen LogP contribution in [0.25, 0.3) is 0 Å². The van der Waals surface area contributed by atoms with E-state index in [9.17, 15) is 8.78 Å². The summed E-state index contributed by atoms with van der Waals surface area (Å²) in [4.78, 5) is -0.159. The quantitative estimate of drug-likeness (QED) is 0.650. The molecular weight excluding hydrogens is 226 g/mol. The van der Waals surface area contributed by atoms with Gasteiger partial charge in [0.2, 0.25) is 0 Å². The summed E-state index contributed by atoms with van der Waals surface area (Å²) in [5.41, 5.74) is 0.773. The molecule has 0 fully saturated rings. The molecule has 0 aliphatic heterocycles. The Balaban J connectivity index is 3.33. The number of rotatable bonds is 1. The van der Waals surface area contributed by atoms with Crippen LogP contribution in [0, 0.1) is 18.6 Å². The second kappa shape index (κ2) is 3.52. The normalized spacial score (nSPS) is 13.1. The van der Waals surface area contributed by atoms with Gasteiger partial charge < -0.3 is 0 Å². The van der Waals surface area contributed by atoms with Gasteiger partial charge in [-0.1, -0.05) is 15.9 Å². The molecule has 1 aromatic carbocycles. The molecule has 3 heteroatoms. The van der Waals surface area contributed by atoms with E-state index in [-0.39, 0.29) is 16.5 Å². The molecule has 0 spiro atoms. The summed E-state index contributed by atoms with van der Waals surface area (Å²) in [6, 6.07) is 2.29. The van der Waals surface area contributed by atoms with Crippen LogP contribution < -0.4 is 0 Å². The van der Waals surface area contributed by atoms with E-state index in [1.807, 2.05) is 0 Å². The van der Waals surface area contributed by atoms with Crippen LogP contribution in [0.15, 0.2) is 12.1 Å². The molecule has 0 N–H and O–H groups in total. The predicted octanol–water partition coefficient (Wildman–Crippen LogP) is 3.73. The minimum Gasteiger partial charge on any atom is -0.207 e. The van der Waals surface area contributed by atoms with E-state index in [0.29, 0.717) is 11.1 Å². The second-order valence-corrected chi connectivity index (χ2v) is 4.06. The molecule has 0 bridgehead atoms. The summed E-state index contributed by atoms with van der Waals surface area (Å²) in [5, 5.41) is 0. The third kappa shape index (κ3) is 1.66. The van der Waals surface area contributed by atoms with E-state index in [4.69, 9.17) is 0 Å². The predicted molar refractivity (Wildman–Crippen MR) is 48.4 cm³/mol. The topological polar surface area (TPSA) is 0 Å². The summed E-state index contributed by atoms with van der Waals surface area (Å²) in [7, 11) is 0. The Kier molecular flexibility index (Phi) is 2.83. The number of hydrogen-bond acceptors (Lipinski definition) is 0. The highest BCUT2D eigenvalue weighted by Crippen LogP contribution is 2.28. The lowest BCUT2D eigenvalue weighted by Crippen LogP contribution is -1.97. The fourth-order valence-corrected chi connectivity index (χ4v) is 1.72. The van der Waals surface area contributed by atoms with Gasteiger partial charge >= 0.3 is 0 Å². The molecule has 0 aliphatic rings. The molecule has 66 valence electrons. The minimum absolute atomic E-state index is 0.159. The molecule has 0 amide bonds. The van der Waals surface area contributed by atoms with Crippen molar-refractivity contribution in [3.8, 4) is 0 Å². The summed E-state index contributed by atoms with van der Waals surface area (Å²) in [6.45, 7) is 3.34. The van der Waals surface area contributed by atoms with Gasteiger partial charge in [0.05, 0.1) is 0 Å². The summed E-state index contributed by atoms with van der Waals surface area (Å²) in [5.74, 6) is -0.726. The average molecular weight is 235 g/mol. The summed E-state index contributed by atoms with van der Waals surface area (Å²) in [6.07, 6.45) is 0. The first-order valence-electron chi connectivity index (χ1n) is 3.62. The Morgan fingerprint density at radius 2 is 1.75 bits per heavy atom. The third-order valence-corrected chi connectivity index (χ3v) is 2.25. The van der Waals surface area contributed by atoms with Crippen molar-refractivity contribution in [1.82, 2.24) is 0 Å². The first-order chi connectivity index (χ1) is 5.54. The van der Waals surface area contributed by atoms with E-state index < -0.39 is 0 Å². The molecule has 0 heterocycles. The Morgan fingerprint density at radius 1 is 1.25 bits per heavy atom. The van der Waals surface area contributed by atoms with Gasteiger partial charge in [-0.15, -0.1) is 0 Å². The van der Waals surface area contributed by atoms with Crippen molar-refractivity contribution in [1.29, 1.82) is 0 Å². The van der Waals surface area contributed by atoms with E-state index in [0.717, 1.165) is 12.1 Å². The summed E-state index contributed by atoms with van der Waals surface area (Å²) < 4.78 is 26.0. The monoisotopic (exact) mass is 234 g/mol. The first-order valence-corrected chi connectivity index (χ1v) is 4.54. The smallest absolute Gasteiger partial charge is 0.127 e. The van der Waals surface area contributed by atoms with Crippen molar-refractivity contribution in [3.05, 3.63) is 34.9 Å². The molecular formula is C9H9BrF2. The van der Waals surface area contributed by atoms with Gasteiger partial charge in [0.15, 0.2) is 0 Å². The van der Waals surface area contributed by atoms with Gasteiger partial charge in [0, 0.05) is 10.4 Å². The van der Waals surface area contributed by atoms with Crippen molar-refractivity contribution in [3.63, 3.8) is 0 Å². The van der Waals surface area contributed by atoms with Crippen molar-refractivity contribution in [2.24, 2.45) is 0 Å². The highest BCUT2D eigenvalue weighted by Gasteiger charge is 2.13. The van der Waals surface area contributed by atoms with E-state index in [2.05, 4.69) is 15.9 Å². The number of hydrogen-bond donors (Lipinski definition) is 0. The summed E-state index contributed by atoms with van der Waals surface area (Å²) >= 11 is 3.21. The van der Waals surface area contributed by atoms with E-state index in [1.165, 1.54) is 0 Å². The van der Waals surface area contributed by atoms with Crippen LogP contribution in [0.4, 0.5) is 8.78 Å². The lowest BCUT2D eigenvalue weighted by atomic mass is 10.1. The van der Waals surface area contributed by atoms with Crippen molar-refractivity contribution in [2.45, 2.75) is 18.7 Å². The van der Waals surface area contributed by atoms with Crippen LogP contribution in [0.5, 0.6) is 0 Å². The molecule has 0 aromatic heterocycles. The molecule has 1 aromatic rings. The Morgan fingerprint density at radius 3 is 2.17 bits per heavy atom. The van der Waals surface area contributed by atoms with Gasteiger partial charge in [0.1, 0.15) is 11.6 Å². The molecule has 0 radical (unpaired) electrons. The lowest BCUT2D eigenvalue weighted by molar-refractivity contribution is 0.578. The molecule has 1 rings (SSSR count). The molecule has 0 saturated heterocycles. The number of benzene rings is 1. The SMILES string of the molecule is Cc1c(F)ccc(F)c1C(C)Br. The molecule has 0 nitrogen and oxygen atoms in total. The van der Waals surface area contributed by atoms with Crippen molar-refractivity contribution < 1.29 is 8.78 Å². The van der Waals surface area contributed by atoms with Gasteiger partial charge in [-0.3, -0.25) is 0 Å². The molecule has 12 heavy (non-hydrogen) atoms. The number of alkyl halides is 1. The van der Waals surface area contributed by atoms with E-state index >= 15 is 0 Å². The zero-order valence-corrected chi connectivity index (χ0v) is 8.45. The maximum atomic E-state index is 13.1. The van der Waals surface area contributed by atoms with Crippen LogP contribution in [-0.2, 0) is 0 Å². The van der Waals surface area contributed by atoms with Crippen LogP contribution >= 0.6 is 15.9 Å². The molecule has 1 unspecified atom stereocenters. The Labute approximate surface area is 78.7 Å². The molecule has 0 aliphatic carbocycles. The Bertz CT molecular complexity index is 295. The average Bonchev–Trinajstić information content (AvgIpc) is 1.97. The van der Waals surface area contributed by atoms with Gasteiger partial charge in [-0.25, -0.2) is 8.78 Å². The second-order valence-electron chi connectivity index (χ2n) is 2.68. The maximum Gasteiger partial charge on any atom is 0.127 e.